The normalized spacial score (nSPS) is 16.6. The van der Waals surface area contributed by atoms with Crippen molar-refractivity contribution in [2.45, 2.75) is 25.4 Å². The van der Waals surface area contributed by atoms with E-state index in [0.717, 1.165) is 54.3 Å². The van der Waals surface area contributed by atoms with Gasteiger partial charge in [-0.15, -0.1) is 0 Å². The lowest BCUT2D eigenvalue weighted by atomic mass is 10.1. The minimum atomic E-state index is -0.322. The molecule has 1 saturated heterocycles. The highest BCUT2D eigenvalue weighted by Crippen LogP contribution is 2.20. The van der Waals surface area contributed by atoms with Crippen LogP contribution in [0.4, 0.5) is 5.95 Å². The van der Waals surface area contributed by atoms with Gasteiger partial charge in [0.15, 0.2) is 5.62 Å². The Morgan fingerprint density at radius 1 is 1.21 bits per heavy atom. The number of para-hydroxylation sites is 1. The van der Waals surface area contributed by atoms with E-state index in [1.807, 2.05) is 18.2 Å². The first-order chi connectivity index (χ1) is 16.2. The Kier molecular flexibility index (Phi) is 7.64. The number of nitrogens with one attached hydrogen (secondary N) is 2. The molecule has 3 heterocycles. The van der Waals surface area contributed by atoms with E-state index in [1.54, 1.807) is 18.3 Å². The molecule has 1 fully saturated rings. The van der Waals surface area contributed by atoms with Crippen LogP contribution in [-0.4, -0.2) is 52.7 Å². The molecular formula is C24H26N6O2S. The quantitative estimate of drug-likeness (QED) is 0.389. The van der Waals surface area contributed by atoms with Crippen LogP contribution in [-0.2, 0) is 16.1 Å². The number of carbonyl (C=O) groups is 2. The molecular weight excluding hydrogens is 436 g/mol. The highest BCUT2D eigenvalue weighted by molar-refractivity contribution is 8.16. The second-order valence-electron chi connectivity index (χ2n) is 7.74. The Hall–Kier alpha value is -3.30. The number of carbonyl (C=O) groups excluding carboxylic acids is 2. The zero-order valence-corrected chi connectivity index (χ0v) is 19.2. The third-order valence-corrected chi connectivity index (χ3v) is 6.15. The van der Waals surface area contributed by atoms with E-state index < -0.39 is 0 Å². The van der Waals surface area contributed by atoms with Crippen molar-refractivity contribution >= 4 is 46.2 Å². The van der Waals surface area contributed by atoms with E-state index in [0.29, 0.717) is 34.8 Å². The number of benzene rings is 1. The highest BCUT2D eigenvalue weighted by Gasteiger charge is 2.22. The molecule has 170 valence electrons. The molecule has 1 aliphatic heterocycles. The van der Waals surface area contributed by atoms with Crippen LogP contribution in [0.2, 0.25) is 0 Å². The number of piperidine rings is 1. The number of amides is 1. The maximum absolute atomic E-state index is 12.0. The van der Waals surface area contributed by atoms with Crippen LogP contribution in [0.15, 0.2) is 53.6 Å². The molecule has 0 bridgehead atoms. The summed E-state index contributed by atoms with van der Waals surface area (Å²) in [5.74, 6) is 0.295. The van der Waals surface area contributed by atoms with Gasteiger partial charge in [-0.05, 0) is 48.9 Å². The van der Waals surface area contributed by atoms with E-state index in [4.69, 9.17) is 4.98 Å². The fraction of sp³-hybridized carbons (Fsp3) is 0.292. The van der Waals surface area contributed by atoms with Gasteiger partial charge in [0.05, 0.1) is 21.8 Å². The summed E-state index contributed by atoms with van der Waals surface area (Å²) in [6, 6.07) is 14.3. The molecule has 1 amide bonds. The summed E-state index contributed by atoms with van der Waals surface area (Å²) in [4.78, 5) is 39.1. The lowest BCUT2D eigenvalue weighted by Gasteiger charge is -2.33. The topological polar surface area (TPSA) is 100 Å². The summed E-state index contributed by atoms with van der Waals surface area (Å²) >= 11 is 0.829. The number of anilines is 1. The van der Waals surface area contributed by atoms with E-state index in [1.165, 1.54) is 7.05 Å². The third-order valence-electron chi connectivity index (χ3n) is 5.50. The Morgan fingerprint density at radius 3 is 2.94 bits per heavy atom. The van der Waals surface area contributed by atoms with Gasteiger partial charge in [0.1, 0.15) is 0 Å². The molecule has 1 unspecified atom stereocenters. The number of thioether (sulfide) groups is 1. The van der Waals surface area contributed by atoms with E-state index in [-0.39, 0.29) is 5.91 Å². The summed E-state index contributed by atoms with van der Waals surface area (Å²) in [6.45, 7) is 2.35. The van der Waals surface area contributed by atoms with Gasteiger partial charge in [-0.1, -0.05) is 24.3 Å². The second kappa shape index (κ2) is 11.0. The van der Waals surface area contributed by atoms with Crippen LogP contribution in [0, 0.1) is 0 Å². The van der Waals surface area contributed by atoms with Gasteiger partial charge in [0.2, 0.25) is 5.95 Å². The van der Waals surface area contributed by atoms with E-state index in [9.17, 15) is 9.59 Å². The fourth-order valence-electron chi connectivity index (χ4n) is 3.84. The van der Waals surface area contributed by atoms with E-state index >= 15 is 0 Å². The van der Waals surface area contributed by atoms with Crippen molar-refractivity contribution < 1.29 is 9.59 Å². The first kappa shape index (κ1) is 22.9. The van der Waals surface area contributed by atoms with Crippen LogP contribution < -0.4 is 15.5 Å². The van der Waals surface area contributed by atoms with Crippen molar-refractivity contribution in [1.82, 2.24) is 25.6 Å². The predicted molar refractivity (Wildman–Crippen MR) is 132 cm³/mol. The standard InChI is InChI=1S/C24H26N6O2S/c1-25-23(32)22(33-16-31)13-18-10-11-26-24(29-18)30-12-4-6-20(15-30)27-14-19-9-8-17-5-2-3-7-21(17)28-19/h2-3,5,7-11,13,16,20,27H,4,6,12,14-15H2,1H3,(H,25,32)/b22-13-. The molecule has 33 heavy (non-hydrogen) atoms. The lowest BCUT2D eigenvalue weighted by Crippen LogP contribution is -2.46. The number of hydrogen-bond donors (Lipinski definition) is 2. The second-order valence-corrected chi connectivity index (χ2v) is 8.61. The molecule has 8 nitrogen and oxygen atoms in total. The number of pyridine rings is 1. The van der Waals surface area contributed by atoms with Gasteiger partial charge in [0, 0.05) is 44.3 Å². The average Bonchev–Trinajstić information content (AvgIpc) is 2.87. The molecule has 3 aromatic rings. The Balaban J connectivity index is 1.42. The SMILES string of the molecule is CNC(=O)/C(=C/c1ccnc(N2CCCC(NCc3ccc4ccccc4n3)C2)n1)SC=O. The summed E-state index contributed by atoms with van der Waals surface area (Å²) in [6.07, 6.45) is 5.38. The molecule has 2 aromatic heterocycles. The van der Waals surface area contributed by atoms with Crippen molar-refractivity contribution in [3.05, 3.63) is 65.0 Å². The summed E-state index contributed by atoms with van der Waals surface area (Å²) in [7, 11) is 1.53. The van der Waals surface area contributed by atoms with Gasteiger partial charge < -0.3 is 15.5 Å². The van der Waals surface area contributed by atoms with Crippen LogP contribution in [0.25, 0.3) is 17.0 Å². The highest BCUT2D eigenvalue weighted by atomic mass is 32.2. The molecule has 0 aliphatic carbocycles. The minimum absolute atomic E-state index is 0.290. The van der Waals surface area contributed by atoms with Crippen LogP contribution in [0.3, 0.4) is 0 Å². The number of likely N-dealkylation sites (N-methyl/N-ethyl adjacent to an activating group) is 1. The zero-order chi connectivity index (χ0) is 23.0. The molecule has 1 aromatic carbocycles. The molecule has 0 radical (unpaired) electrons. The monoisotopic (exact) mass is 462 g/mol. The predicted octanol–water partition coefficient (Wildman–Crippen LogP) is 2.79. The third kappa shape index (κ3) is 5.94. The lowest BCUT2D eigenvalue weighted by molar-refractivity contribution is -0.116. The van der Waals surface area contributed by atoms with Gasteiger partial charge in [-0.2, -0.15) is 0 Å². The molecule has 9 heteroatoms. The van der Waals surface area contributed by atoms with Crippen molar-refractivity contribution in [1.29, 1.82) is 0 Å². The smallest absolute Gasteiger partial charge is 0.257 e. The molecule has 4 rings (SSSR count). The van der Waals surface area contributed by atoms with Gasteiger partial charge in [-0.25, -0.2) is 9.97 Å². The Morgan fingerprint density at radius 2 is 2.09 bits per heavy atom. The van der Waals surface area contributed by atoms with Gasteiger partial charge in [0.25, 0.3) is 5.91 Å². The molecule has 1 aliphatic rings. The van der Waals surface area contributed by atoms with Crippen molar-refractivity contribution in [2.75, 3.05) is 25.0 Å². The van der Waals surface area contributed by atoms with Crippen molar-refractivity contribution in [3.63, 3.8) is 0 Å². The summed E-state index contributed by atoms with van der Waals surface area (Å²) < 4.78 is 0. The largest absolute Gasteiger partial charge is 0.355 e. The number of hydrogen-bond acceptors (Lipinski definition) is 8. The molecule has 1 atom stereocenters. The van der Waals surface area contributed by atoms with Gasteiger partial charge >= 0.3 is 0 Å². The van der Waals surface area contributed by atoms with Crippen molar-refractivity contribution in [2.24, 2.45) is 0 Å². The van der Waals surface area contributed by atoms with Gasteiger partial charge in [-0.3, -0.25) is 14.6 Å². The number of fused-ring (bicyclic) bond motifs is 1. The first-order valence-corrected chi connectivity index (χ1v) is 11.7. The number of rotatable bonds is 8. The molecule has 0 spiro atoms. The zero-order valence-electron chi connectivity index (χ0n) is 18.4. The van der Waals surface area contributed by atoms with E-state index in [2.05, 4.69) is 43.7 Å². The summed E-state index contributed by atoms with van der Waals surface area (Å²) in [5, 5.41) is 7.30. The maximum Gasteiger partial charge on any atom is 0.257 e. The van der Waals surface area contributed by atoms with Crippen LogP contribution in [0.1, 0.15) is 24.2 Å². The van der Waals surface area contributed by atoms with Crippen molar-refractivity contribution in [3.8, 4) is 0 Å². The maximum atomic E-state index is 12.0. The first-order valence-electron chi connectivity index (χ1n) is 10.9. The minimum Gasteiger partial charge on any atom is -0.355 e. The Labute approximate surface area is 196 Å². The van der Waals surface area contributed by atoms with Crippen LogP contribution >= 0.6 is 11.8 Å². The Bertz CT molecular complexity index is 1170. The van der Waals surface area contributed by atoms with Crippen LogP contribution in [0.5, 0.6) is 0 Å². The molecule has 0 saturated carbocycles. The number of nitrogens with zero attached hydrogens (tertiary/aromatic N) is 4. The number of aromatic nitrogens is 3. The summed E-state index contributed by atoms with van der Waals surface area (Å²) in [5.41, 5.74) is 3.24. The fourth-order valence-corrected chi connectivity index (χ4v) is 4.34. The average molecular weight is 463 g/mol. The molecule has 2 N–H and O–H groups in total.